The SMILES string of the molecule is COC(=O)CCCC(C)(C)c1cc(O)c(C(C)(C)CC(C)(C)C)cc1OC. The molecule has 0 aliphatic heterocycles. The second-order valence-electron chi connectivity index (χ2n) is 10.0. The van der Waals surface area contributed by atoms with Crippen molar-refractivity contribution in [2.24, 2.45) is 5.41 Å². The van der Waals surface area contributed by atoms with Crippen molar-refractivity contribution in [3.8, 4) is 11.5 Å². The minimum absolute atomic E-state index is 0.148. The van der Waals surface area contributed by atoms with Gasteiger partial charge in [0.2, 0.25) is 0 Å². The zero-order valence-electron chi connectivity index (χ0n) is 18.7. The van der Waals surface area contributed by atoms with Gasteiger partial charge in [-0.25, -0.2) is 0 Å². The number of phenolic OH excluding ortho intramolecular Hbond substituents is 1. The van der Waals surface area contributed by atoms with Gasteiger partial charge in [-0.3, -0.25) is 4.79 Å². The Bertz CT molecular complexity index is 651. The largest absolute Gasteiger partial charge is 0.508 e. The standard InChI is InChI=1S/C23H38O4/c1-21(2,3)15-23(6,7)16-14-19(26-8)17(13-18(16)24)22(4,5)12-10-11-20(25)27-9/h13-14,24H,10-12,15H2,1-9H3. The van der Waals surface area contributed by atoms with E-state index in [1.807, 2.05) is 12.1 Å². The number of carbonyl (C=O) groups excluding carboxylic acids is 1. The quantitative estimate of drug-likeness (QED) is 0.586. The van der Waals surface area contributed by atoms with Crippen molar-refractivity contribution >= 4 is 5.97 Å². The van der Waals surface area contributed by atoms with Crippen LogP contribution in [0.2, 0.25) is 0 Å². The molecule has 0 bridgehead atoms. The van der Waals surface area contributed by atoms with Crippen molar-refractivity contribution in [2.45, 2.75) is 85.0 Å². The molecule has 1 aromatic rings. The summed E-state index contributed by atoms with van der Waals surface area (Å²) >= 11 is 0. The second-order valence-corrected chi connectivity index (χ2v) is 10.0. The van der Waals surface area contributed by atoms with Crippen LogP contribution in [0.4, 0.5) is 0 Å². The molecule has 0 atom stereocenters. The Labute approximate surface area is 165 Å². The third kappa shape index (κ3) is 6.44. The van der Waals surface area contributed by atoms with Gasteiger partial charge in [-0.2, -0.15) is 0 Å². The van der Waals surface area contributed by atoms with Gasteiger partial charge in [0.25, 0.3) is 0 Å². The van der Waals surface area contributed by atoms with E-state index in [2.05, 4.69) is 48.5 Å². The Balaban J connectivity index is 3.21. The highest BCUT2D eigenvalue weighted by molar-refractivity contribution is 5.69. The number of ether oxygens (including phenoxy) is 2. The maximum atomic E-state index is 11.4. The van der Waals surface area contributed by atoms with E-state index in [1.54, 1.807) is 7.11 Å². The molecule has 154 valence electrons. The number of rotatable bonds is 8. The molecule has 0 aliphatic rings. The predicted octanol–water partition coefficient (Wildman–Crippen LogP) is 5.74. The van der Waals surface area contributed by atoms with E-state index in [9.17, 15) is 9.90 Å². The molecule has 1 rings (SSSR count). The molecule has 1 N–H and O–H groups in total. The van der Waals surface area contributed by atoms with Gasteiger partial charge < -0.3 is 14.6 Å². The normalized spacial score (nSPS) is 12.8. The molecule has 0 amide bonds. The molecular weight excluding hydrogens is 340 g/mol. The smallest absolute Gasteiger partial charge is 0.305 e. The van der Waals surface area contributed by atoms with Gasteiger partial charge >= 0.3 is 5.97 Å². The Morgan fingerprint density at radius 2 is 1.56 bits per heavy atom. The summed E-state index contributed by atoms with van der Waals surface area (Å²) in [5, 5.41) is 10.8. The number of hydrogen-bond acceptors (Lipinski definition) is 4. The van der Waals surface area contributed by atoms with E-state index >= 15 is 0 Å². The number of hydrogen-bond donors (Lipinski definition) is 1. The fourth-order valence-electron chi connectivity index (χ4n) is 4.14. The molecule has 0 unspecified atom stereocenters. The number of phenols is 1. The van der Waals surface area contributed by atoms with E-state index in [0.717, 1.165) is 36.1 Å². The third-order valence-electron chi connectivity index (χ3n) is 5.16. The fourth-order valence-corrected chi connectivity index (χ4v) is 4.14. The van der Waals surface area contributed by atoms with Crippen LogP contribution in [0.5, 0.6) is 11.5 Å². The van der Waals surface area contributed by atoms with E-state index in [1.165, 1.54) is 7.11 Å². The average molecular weight is 379 g/mol. The highest BCUT2D eigenvalue weighted by atomic mass is 16.5. The molecular formula is C23H38O4. The Morgan fingerprint density at radius 3 is 2.04 bits per heavy atom. The number of benzene rings is 1. The molecule has 0 aromatic heterocycles. The Hall–Kier alpha value is -1.71. The van der Waals surface area contributed by atoms with Crippen LogP contribution >= 0.6 is 0 Å². The number of esters is 1. The van der Waals surface area contributed by atoms with Gasteiger partial charge in [-0.05, 0) is 47.6 Å². The highest BCUT2D eigenvalue weighted by Crippen LogP contribution is 2.45. The fraction of sp³-hybridized carbons (Fsp3) is 0.696. The van der Waals surface area contributed by atoms with Crippen LogP contribution in [-0.2, 0) is 20.4 Å². The molecule has 0 spiro atoms. The zero-order chi connectivity index (χ0) is 21.0. The maximum absolute atomic E-state index is 11.4. The van der Waals surface area contributed by atoms with Crippen LogP contribution in [0.3, 0.4) is 0 Å². The number of methoxy groups -OCH3 is 2. The lowest BCUT2D eigenvalue weighted by Gasteiger charge is -2.35. The topological polar surface area (TPSA) is 55.8 Å². The van der Waals surface area contributed by atoms with Crippen LogP contribution in [0.15, 0.2) is 12.1 Å². The van der Waals surface area contributed by atoms with Crippen LogP contribution in [0, 0.1) is 5.41 Å². The molecule has 4 heteroatoms. The molecule has 27 heavy (non-hydrogen) atoms. The highest BCUT2D eigenvalue weighted by Gasteiger charge is 2.33. The average Bonchev–Trinajstić information content (AvgIpc) is 2.51. The van der Waals surface area contributed by atoms with E-state index in [-0.39, 0.29) is 22.2 Å². The Kier molecular flexibility index (Phi) is 7.37. The summed E-state index contributed by atoms with van der Waals surface area (Å²) in [6.45, 7) is 15.2. The lowest BCUT2D eigenvalue weighted by molar-refractivity contribution is -0.140. The van der Waals surface area contributed by atoms with Crippen molar-refractivity contribution in [2.75, 3.05) is 14.2 Å². The first-order chi connectivity index (χ1) is 12.2. The molecule has 0 aliphatic carbocycles. The van der Waals surface area contributed by atoms with Gasteiger partial charge in [-0.1, -0.05) is 48.5 Å². The number of carbonyl (C=O) groups is 1. The second kappa shape index (κ2) is 8.53. The van der Waals surface area contributed by atoms with E-state index in [4.69, 9.17) is 9.47 Å². The summed E-state index contributed by atoms with van der Waals surface area (Å²) in [5.41, 5.74) is 1.60. The van der Waals surface area contributed by atoms with Crippen molar-refractivity contribution < 1.29 is 19.4 Å². The van der Waals surface area contributed by atoms with Crippen LogP contribution in [0.1, 0.15) is 85.3 Å². The molecule has 0 heterocycles. The van der Waals surface area contributed by atoms with E-state index < -0.39 is 0 Å². The minimum Gasteiger partial charge on any atom is -0.508 e. The van der Waals surface area contributed by atoms with Gasteiger partial charge in [0.15, 0.2) is 0 Å². The zero-order valence-corrected chi connectivity index (χ0v) is 18.7. The van der Waals surface area contributed by atoms with Gasteiger partial charge in [0.05, 0.1) is 14.2 Å². The molecule has 0 saturated heterocycles. The van der Waals surface area contributed by atoms with Crippen molar-refractivity contribution in [1.29, 1.82) is 0 Å². The monoisotopic (exact) mass is 378 g/mol. The predicted molar refractivity (Wildman–Crippen MR) is 111 cm³/mol. The third-order valence-corrected chi connectivity index (χ3v) is 5.16. The lowest BCUT2D eigenvalue weighted by Crippen LogP contribution is -2.26. The molecule has 0 saturated carbocycles. The van der Waals surface area contributed by atoms with Crippen LogP contribution in [-0.4, -0.2) is 25.3 Å². The van der Waals surface area contributed by atoms with Crippen LogP contribution < -0.4 is 4.74 Å². The summed E-state index contributed by atoms with van der Waals surface area (Å²) in [6, 6.07) is 3.83. The Morgan fingerprint density at radius 1 is 0.963 bits per heavy atom. The maximum Gasteiger partial charge on any atom is 0.305 e. The van der Waals surface area contributed by atoms with Gasteiger partial charge in [0, 0.05) is 17.5 Å². The van der Waals surface area contributed by atoms with E-state index in [0.29, 0.717) is 12.2 Å². The molecule has 1 aromatic carbocycles. The van der Waals surface area contributed by atoms with Gasteiger partial charge in [0.1, 0.15) is 11.5 Å². The molecule has 4 nitrogen and oxygen atoms in total. The van der Waals surface area contributed by atoms with Crippen molar-refractivity contribution in [3.63, 3.8) is 0 Å². The van der Waals surface area contributed by atoms with Crippen molar-refractivity contribution in [1.82, 2.24) is 0 Å². The first kappa shape index (κ1) is 23.3. The minimum atomic E-state index is -0.233. The van der Waals surface area contributed by atoms with Gasteiger partial charge in [-0.15, -0.1) is 0 Å². The summed E-state index contributed by atoms with van der Waals surface area (Å²) in [6.07, 6.45) is 2.85. The summed E-state index contributed by atoms with van der Waals surface area (Å²) < 4.78 is 10.4. The summed E-state index contributed by atoms with van der Waals surface area (Å²) in [7, 11) is 3.08. The first-order valence-corrected chi connectivity index (χ1v) is 9.72. The van der Waals surface area contributed by atoms with Crippen molar-refractivity contribution in [3.05, 3.63) is 23.3 Å². The molecule has 0 radical (unpaired) electrons. The summed E-state index contributed by atoms with van der Waals surface area (Å²) in [4.78, 5) is 11.4. The number of aromatic hydroxyl groups is 1. The molecule has 0 fully saturated rings. The summed E-state index contributed by atoms with van der Waals surface area (Å²) in [5.74, 6) is 0.897. The van der Waals surface area contributed by atoms with Crippen LogP contribution in [0.25, 0.3) is 0 Å². The first-order valence-electron chi connectivity index (χ1n) is 9.72. The lowest BCUT2D eigenvalue weighted by atomic mass is 9.71.